The lowest BCUT2D eigenvalue weighted by atomic mass is 9.96. The lowest BCUT2D eigenvalue weighted by Crippen LogP contribution is -2.41. The first kappa shape index (κ1) is 22.0. The second-order valence-electron chi connectivity index (χ2n) is 7.42. The predicted molar refractivity (Wildman–Crippen MR) is 116 cm³/mol. The lowest BCUT2D eigenvalue weighted by molar-refractivity contribution is -0.120. The summed E-state index contributed by atoms with van der Waals surface area (Å²) in [4.78, 5) is 26.9. The molecule has 6 nitrogen and oxygen atoms in total. The smallest absolute Gasteiger partial charge is 0.253 e. The van der Waals surface area contributed by atoms with E-state index in [1.54, 1.807) is 44.6 Å². The van der Waals surface area contributed by atoms with E-state index in [1.807, 2.05) is 17.0 Å². The fourth-order valence-electron chi connectivity index (χ4n) is 3.65. The normalized spacial score (nSPS) is 14.3. The molecular weight excluding hydrogens is 404 g/mol. The molecule has 3 rings (SSSR count). The number of carbonyl (C=O) groups is 2. The van der Waals surface area contributed by atoms with Crippen molar-refractivity contribution in [1.82, 2.24) is 10.2 Å². The summed E-state index contributed by atoms with van der Waals surface area (Å²) < 4.78 is 10.5. The van der Waals surface area contributed by atoms with Crippen molar-refractivity contribution in [1.29, 1.82) is 0 Å². The van der Waals surface area contributed by atoms with E-state index in [2.05, 4.69) is 5.32 Å². The van der Waals surface area contributed by atoms with Crippen molar-refractivity contribution in [2.45, 2.75) is 19.3 Å². The van der Waals surface area contributed by atoms with Crippen LogP contribution in [0.25, 0.3) is 0 Å². The van der Waals surface area contributed by atoms with Gasteiger partial charge in [-0.3, -0.25) is 9.59 Å². The molecule has 0 aromatic heterocycles. The number of nitrogens with one attached hydrogen (secondary N) is 1. The van der Waals surface area contributed by atoms with Crippen molar-refractivity contribution in [2.24, 2.45) is 5.92 Å². The van der Waals surface area contributed by atoms with Crippen LogP contribution in [0.5, 0.6) is 11.5 Å². The van der Waals surface area contributed by atoms with E-state index in [1.165, 1.54) is 0 Å². The molecule has 2 aromatic carbocycles. The molecule has 1 heterocycles. The molecule has 0 atom stereocenters. The van der Waals surface area contributed by atoms with Crippen LogP contribution in [0.2, 0.25) is 5.02 Å². The van der Waals surface area contributed by atoms with Crippen LogP contribution in [-0.4, -0.2) is 50.6 Å². The number of hydrogen-bond acceptors (Lipinski definition) is 4. The molecule has 2 amide bonds. The highest BCUT2D eigenvalue weighted by Crippen LogP contribution is 2.28. The summed E-state index contributed by atoms with van der Waals surface area (Å²) in [5.74, 6) is 1.48. The van der Waals surface area contributed by atoms with Crippen LogP contribution in [0, 0.1) is 5.92 Å². The van der Waals surface area contributed by atoms with Gasteiger partial charge < -0.3 is 19.7 Å². The first-order valence-electron chi connectivity index (χ1n) is 10.0. The highest BCUT2D eigenvalue weighted by Gasteiger charge is 2.24. The number of amides is 2. The Morgan fingerprint density at radius 2 is 1.80 bits per heavy atom. The van der Waals surface area contributed by atoms with Gasteiger partial charge in [-0.25, -0.2) is 0 Å². The van der Waals surface area contributed by atoms with Gasteiger partial charge in [-0.15, -0.1) is 0 Å². The molecule has 0 saturated carbocycles. The monoisotopic (exact) mass is 430 g/mol. The van der Waals surface area contributed by atoms with Crippen LogP contribution in [0.15, 0.2) is 42.5 Å². The Morgan fingerprint density at radius 1 is 1.07 bits per heavy atom. The van der Waals surface area contributed by atoms with Gasteiger partial charge in [0.05, 0.1) is 20.6 Å². The van der Waals surface area contributed by atoms with E-state index in [9.17, 15) is 9.59 Å². The van der Waals surface area contributed by atoms with Crippen LogP contribution in [0.3, 0.4) is 0 Å². The molecule has 1 fully saturated rings. The van der Waals surface area contributed by atoms with Crippen LogP contribution >= 0.6 is 11.6 Å². The number of likely N-dealkylation sites (tertiary alicyclic amines) is 1. The van der Waals surface area contributed by atoms with Gasteiger partial charge in [0.1, 0.15) is 0 Å². The van der Waals surface area contributed by atoms with Crippen molar-refractivity contribution in [2.75, 3.05) is 33.9 Å². The fourth-order valence-corrected chi connectivity index (χ4v) is 3.86. The minimum atomic E-state index is -0.0144. The average Bonchev–Trinajstić information content (AvgIpc) is 2.77. The van der Waals surface area contributed by atoms with Gasteiger partial charge in [0, 0.05) is 30.2 Å². The third-order valence-corrected chi connectivity index (χ3v) is 5.61. The van der Waals surface area contributed by atoms with Crippen molar-refractivity contribution in [3.63, 3.8) is 0 Å². The summed E-state index contributed by atoms with van der Waals surface area (Å²) in [7, 11) is 3.12. The highest BCUT2D eigenvalue weighted by molar-refractivity contribution is 6.30. The molecule has 160 valence electrons. The largest absolute Gasteiger partial charge is 0.493 e. The molecule has 30 heavy (non-hydrogen) atoms. The minimum Gasteiger partial charge on any atom is -0.493 e. The second kappa shape index (κ2) is 10.3. The number of piperidine rings is 1. The Kier molecular flexibility index (Phi) is 7.57. The summed E-state index contributed by atoms with van der Waals surface area (Å²) in [6.07, 6.45) is 2.03. The third kappa shape index (κ3) is 5.66. The van der Waals surface area contributed by atoms with Gasteiger partial charge in [0.2, 0.25) is 5.91 Å². The quantitative estimate of drug-likeness (QED) is 0.729. The summed E-state index contributed by atoms with van der Waals surface area (Å²) in [5.41, 5.74) is 1.48. The van der Waals surface area contributed by atoms with Gasteiger partial charge >= 0.3 is 0 Å². The molecule has 1 N–H and O–H groups in total. The van der Waals surface area contributed by atoms with Gasteiger partial charge in [-0.05, 0) is 54.7 Å². The lowest BCUT2D eigenvalue weighted by Gasteiger charge is -2.32. The van der Waals surface area contributed by atoms with Gasteiger partial charge in [-0.2, -0.15) is 0 Å². The van der Waals surface area contributed by atoms with Gasteiger partial charge in [-0.1, -0.05) is 23.7 Å². The molecule has 2 aromatic rings. The number of rotatable bonds is 7. The molecule has 0 spiro atoms. The van der Waals surface area contributed by atoms with E-state index in [-0.39, 0.29) is 11.8 Å². The Morgan fingerprint density at radius 3 is 2.47 bits per heavy atom. The number of nitrogens with zero attached hydrogens (tertiary/aromatic N) is 1. The van der Waals surface area contributed by atoms with E-state index in [0.29, 0.717) is 54.1 Å². The Balaban J connectivity index is 1.46. The maximum Gasteiger partial charge on any atom is 0.253 e. The van der Waals surface area contributed by atoms with Gasteiger partial charge in [0.15, 0.2) is 11.5 Å². The van der Waals surface area contributed by atoms with Crippen LogP contribution in [-0.2, 0) is 11.2 Å². The summed E-state index contributed by atoms with van der Waals surface area (Å²) in [6.45, 7) is 1.96. The van der Waals surface area contributed by atoms with Crippen molar-refractivity contribution >= 4 is 23.4 Å². The summed E-state index contributed by atoms with van der Waals surface area (Å²) >= 11 is 5.97. The molecule has 0 aliphatic carbocycles. The molecule has 7 heteroatoms. The number of hydrogen-bond donors (Lipinski definition) is 1. The van der Waals surface area contributed by atoms with Crippen molar-refractivity contribution in [3.05, 3.63) is 58.6 Å². The van der Waals surface area contributed by atoms with Crippen LogP contribution in [0.4, 0.5) is 0 Å². The van der Waals surface area contributed by atoms with E-state index >= 15 is 0 Å². The topological polar surface area (TPSA) is 67.9 Å². The van der Waals surface area contributed by atoms with Crippen LogP contribution in [0.1, 0.15) is 28.8 Å². The Hall–Kier alpha value is -2.73. The van der Waals surface area contributed by atoms with E-state index in [4.69, 9.17) is 21.1 Å². The minimum absolute atomic E-state index is 0.0129. The molecule has 1 aliphatic heterocycles. The number of benzene rings is 2. The number of carbonyl (C=O) groups excluding carboxylic acids is 2. The Labute approximate surface area is 182 Å². The summed E-state index contributed by atoms with van der Waals surface area (Å²) in [5, 5.41) is 3.64. The van der Waals surface area contributed by atoms with Gasteiger partial charge in [0.25, 0.3) is 5.91 Å². The number of methoxy groups -OCH3 is 2. The SMILES string of the molecule is COc1ccc(C(=O)N2CCC(CNC(=O)Cc3cccc(Cl)c3)CC2)cc1OC. The van der Waals surface area contributed by atoms with Crippen molar-refractivity contribution in [3.8, 4) is 11.5 Å². The van der Waals surface area contributed by atoms with E-state index < -0.39 is 0 Å². The zero-order chi connectivity index (χ0) is 21.5. The highest BCUT2D eigenvalue weighted by atomic mass is 35.5. The molecule has 1 saturated heterocycles. The Bertz CT molecular complexity index is 895. The maximum atomic E-state index is 12.8. The van der Waals surface area contributed by atoms with Crippen LogP contribution < -0.4 is 14.8 Å². The zero-order valence-electron chi connectivity index (χ0n) is 17.3. The summed E-state index contributed by atoms with van der Waals surface area (Å²) in [6, 6.07) is 12.5. The maximum absolute atomic E-state index is 12.8. The first-order chi connectivity index (χ1) is 14.5. The standard InChI is InChI=1S/C23H27ClN2O4/c1-29-20-7-6-18(14-21(20)30-2)23(28)26-10-8-16(9-11-26)15-25-22(27)13-17-4-3-5-19(24)12-17/h3-7,12,14,16H,8-11,13,15H2,1-2H3,(H,25,27). The third-order valence-electron chi connectivity index (χ3n) is 5.37. The molecular formula is C23H27ClN2O4. The predicted octanol–water partition coefficient (Wildman–Crippen LogP) is 3.57. The van der Waals surface area contributed by atoms with Crippen molar-refractivity contribution < 1.29 is 19.1 Å². The second-order valence-corrected chi connectivity index (χ2v) is 7.85. The van der Waals surface area contributed by atoms with E-state index in [0.717, 1.165) is 18.4 Å². The number of halogens is 1. The average molecular weight is 431 g/mol. The zero-order valence-corrected chi connectivity index (χ0v) is 18.1. The first-order valence-corrected chi connectivity index (χ1v) is 10.4. The molecule has 0 bridgehead atoms. The number of ether oxygens (including phenoxy) is 2. The fraction of sp³-hybridized carbons (Fsp3) is 0.391. The molecule has 0 unspecified atom stereocenters. The molecule has 0 radical (unpaired) electrons. The molecule has 1 aliphatic rings.